The van der Waals surface area contributed by atoms with Gasteiger partial charge in [0.05, 0.1) is 22.8 Å². The fourth-order valence-corrected chi connectivity index (χ4v) is 1.63. The molecule has 7 heteroatoms. The van der Waals surface area contributed by atoms with Crippen molar-refractivity contribution < 1.29 is 18.5 Å². The van der Waals surface area contributed by atoms with E-state index in [-0.39, 0.29) is 23.6 Å². The van der Waals surface area contributed by atoms with E-state index in [0.717, 1.165) is 6.20 Å². The van der Waals surface area contributed by atoms with E-state index in [0.29, 0.717) is 5.56 Å². The second-order valence-corrected chi connectivity index (χ2v) is 3.24. The van der Waals surface area contributed by atoms with E-state index in [4.69, 9.17) is 13.6 Å². The number of methoxy groups -OCH3 is 2. The average Bonchev–Trinajstić information content (AvgIpc) is 2.78. The molecule has 17 heavy (non-hydrogen) atoms. The van der Waals surface area contributed by atoms with Gasteiger partial charge in [-0.25, -0.2) is 4.52 Å². The average molecular weight is 240 g/mol. The van der Waals surface area contributed by atoms with E-state index in [1.54, 1.807) is 0 Å². The molecule has 7 nitrogen and oxygen atoms in total. The minimum absolute atomic E-state index is 0.157. The molecule has 0 saturated carbocycles. The SMILES string of the molecule is [2H]C([2H])([2H])OCc1ccn2ncc([N+](=O)[O-])c2c1OC. The van der Waals surface area contributed by atoms with Gasteiger partial charge in [0.1, 0.15) is 6.20 Å². The van der Waals surface area contributed by atoms with Crippen molar-refractivity contribution in [2.75, 3.05) is 14.1 Å². The number of pyridine rings is 1. The number of nitrogens with zero attached hydrogens (tertiary/aromatic N) is 3. The number of hydrogen-bond donors (Lipinski definition) is 0. The number of aromatic nitrogens is 2. The molecule has 0 bridgehead atoms. The Morgan fingerprint density at radius 1 is 1.71 bits per heavy atom. The molecule has 0 aromatic carbocycles. The summed E-state index contributed by atoms with van der Waals surface area (Å²) in [5.41, 5.74) is 0.321. The van der Waals surface area contributed by atoms with Crippen molar-refractivity contribution in [3.63, 3.8) is 0 Å². The molecule has 0 aliphatic rings. The molecule has 0 radical (unpaired) electrons. The summed E-state index contributed by atoms with van der Waals surface area (Å²) in [4.78, 5) is 10.4. The van der Waals surface area contributed by atoms with E-state index >= 15 is 0 Å². The molecule has 0 spiro atoms. The summed E-state index contributed by atoms with van der Waals surface area (Å²) < 4.78 is 32.1. The Morgan fingerprint density at radius 3 is 3.18 bits per heavy atom. The van der Waals surface area contributed by atoms with Gasteiger partial charge in [0.25, 0.3) is 0 Å². The van der Waals surface area contributed by atoms with Crippen LogP contribution in [0.5, 0.6) is 5.75 Å². The minimum Gasteiger partial charge on any atom is -0.494 e. The maximum Gasteiger partial charge on any atom is 0.318 e. The molecule has 0 unspecified atom stereocenters. The first-order chi connectivity index (χ1) is 9.33. The summed E-state index contributed by atoms with van der Waals surface area (Å²) in [6.07, 6.45) is 2.58. The van der Waals surface area contributed by atoms with Gasteiger partial charge in [0.15, 0.2) is 11.3 Å². The molecule has 2 rings (SSSR count). The summed E-state index contributed by atoms with van der Waals surface area (Å²) in [5, 5.41) is 14.8. The van der Waals surface area contributed by atoms with Crippen LogP contribution < -0.4 is 4.74 Å². The highest BCUT2D eigenvalue weighted by Gasteiger charge is 2.21. The highest BCUT2D eigenvalue weighted by atomic mass is 16.6. The fourth-order valence-electron chi connectivity index (χ4n) is 1.63. The first-order valence-corrected chi connectivity index (χ1v) is 4.65. The molecule has 90 valence electrons. The van der Waals surface area contributed by atoms with E-state index in [9.17, 15) is 10.1 Å². The first-order valence-electron chi connectivity index (χ1n) is 6.15. The quantitative estimate of drug-likeness (QED) is 0.596. The summed E-state index contributed by atoms with van der Waals surface area (Å²) in [6, 6.07) is 1.54. The maximum absolute atomic E-state index is 10.9. The molecular formula is C10H11N3O4. The van der Waals surface area contributed by atoms with Crippen molar-refractivity contribution >= 4 is 11.2 Å². The van der Waals surface area contributed by atoms with Gasteiger partial charge < -0.3 is 9.47 Å². The monoisotopic (exact) mass is 240 g/mol. The second-order valence-electron chi connectivity index (χ2n) is 3.24. The molecule has 2 aromatic heterocycles. The lowest BCUT2D eigenvalue weighted by Gasteiger charge is -2.08. The van der Waals surface area contributed by atoms with Crippen molar-refractivity contribution in [1.82, 2.24) is 9.61 Å². The zero-order valence-corrected chi connectivity index (χ0v) is 8.91. The summed E-state index contributed by atoms with van der Waals surface area (Å²) in [7, 11) is -1.21. The molecule has 0 N–H and O–H groups in total. The molecule has 0 saturated heterocycles. The van der Waals surface area contributed by atoms with Gasteiger partial charge in [-0.15, -0.1) is 0 Å². The van der Waals surface area contributed by atoms with Crippen LogP contribution in [0.1, 0.15) is 9.68 Å². The zero-order valence-electron chi connectivity index (χ0n) is 11.9. The van der Waals surface area contributed by atoms with E-state index < -0.39 is 12.0 Å². The van der Waals surface area contributed by atoms with Crippen molar-refractivity contribution in [2.45, 2.75) is 6.61 Å². The van der Waals surface area contributed by atoms with Crippen LogP contribution in [0.4, 0.5) is 5.69 Å². The van der Waals surface area contributed by atoms with Gasteiger partial charge in [0.2, 0.25) is 0 Å². The van der Waals surface area contributed by atoms with Crippen LogP contribution in [-0.4, -0.2) is 28.7 Å². The molecule has 2 aromatic rings. The van der Waals surface area contributed by atoms with Gasteiger partial charge in [-0.1, -0.05) is 0 Å². The lowest BCUT2D eigenvalue weighted by atomic mass is 10.2. The Morgan fingerprint density at radius 2 is 2.53 bits per heavy atom. The van der Waals surface area contributed by atoms with Crippen molar-refractivity contribution in [3.8, 4) is 5.75 Å². The van der Waals surface area contributed by atoms with E-state index in [2.05, 4.69) is 5.10 Å². The van der Waals surface area contributed by atoms with Gasteiger partial charge in [-0.05, 0) is 6.07 Å². The van der Waals surface area contributed by atoms with Gasteiger partial charge in [0, 0.05) is 18.8 Å². The van der Waals surface area contributed by atoms with E-state index in [1.165, 1.54) is 23.9 Å². The second kappa shape index (κ2) is 4.38. The Hall–Kier alpha value is -2.15. The lowest BCUT2D eigenvalue weighted by molar-refractivity contribution is -0.383. The highest BCUT2D eigenvalue weighted by molar-refractivity contribution is 5.74. The maximum atomic E-state index is 10.9. The number of fused-ring (bicyclic) bond motifs is 1. The number of rotatable bonds is 4. The molecule has 0 aliphatic carbocycles. The van der Waals surface area contributed by atoms with Gasteiger partial charge >= 0.3 is 5.69 Å². The summed E-state index contributed by atoms with van der Waals surface area (Å²) >= 11 is 0. The number of ether oxygens (including phenoxy) is 2. The third-order valence-corrected chi connectivity index (χ3v) is 2.33. The first kappa shape index (κ1) is 8.02. The van der Waals surface area contributed by atoms with E-state index in [1.807, 2.05) is 0 Å². The van der Waals surface area contributed by atoms with Gasteiger partial charge in [-0.2, -0.15) is 5.10 Å². The molecule has 0 aliphatic heterocycles. The molecule has 0 amide bonds. The van der Waals surface area contributed by atoms with Crippen LogP contribution >= 0.6 is 0 Å². The summed E-state index contributed by atoms with van der Waals surface area (Å²) in [5.74, 6) is 0.168. The molecular weight excluding hydrogens is 226 g/mol. The third-order valence-electron chi connectivity index (χ3n) is 2.33. The summed E-state index contributed by atoms with van der Waals surface area (Å²) in [6.45, 7) is -0.251. The van der Waals surface area contributed by atoms with Crippen molar-refractivity contribution in [3.05, 3.63) is 34.1 Å². The number of nitro groups is 1. The van der Waals surface area contributed by atoms with Gasteiger partial charge in [-0.3, -0.25) is 10.1 Å². The lowest BCUT2D eigenvalue weighted by Crippen LogP contribution is -1.99. The van der Waals surface area contributed by atoms with Crippen LogP contribution in [0.3, 0.4) is 0 Å². The van der Waals surface area contributed by atoms with Crippen molar-refractivity contribution in [2.24, 2.45) is 0 Å². The van der Waals surface area contributed by atoms with Crippen molar-refractivity contribution in [1.29, 1.82) is 0 Å². The normalized spacial score (nSPS) is 14.1. The third kappa shape index (κ3) is 1.80. The Bertz CT molecular complexity index is 653. The zero-order chi connectivity index (χ0) is 14.9. The number of hydrogen-bond acceptors (Lipinski definition) is 5. The fraction of sp³-hybridized carbons (Fsp3) is 0.300. The highest BCUT2D eigenvalue weighted by Crippen LogP contribution is 2.32. The smallest absolute Gasteiger partial charge is 0.318 e. The Labute approximate surface area is 101 Å². The minimum atomic E-state index is -2.55. The van der Waals surface area contributed by atoms with Crippen LogP contribution in [0.15, 0.2) is 18.5 Å². The molecule has 2 heterocycles. The predicted octanol–water partition coefficient (Wildman–Crippen LogP) is 1.40. The Balaban J connectivity index is 2.51. The topological polar surface area (TPSA) is 78.9 Å². The largest absolute Gasteiger partial charge is 0.494 e. The van der Waals surface area contributed by atoms with Crippen LogP contribution in [0.25, 0.3) is 5.52 Å². The Kier molecular flexibility index (Phi) is 2.07. The molecule has 0 atom stereocenters. The van der Waals surface area contributed by atoms with Crippen LogP contribution in [0, 0.1) is 10.1 Å². The van der Waals surface area contributed by atoms with Crippen LogP contribution in [0.2, 0.25) is 0 Å². The molecule has 0 fully saturated rings. The predicted molar refractivity (Wildman–Crippen MR) is 59.1 cm³/mol. The van der Waals surface area contributed by atoms with Crippen LogP contribution in [-0.2, 0) is 11.3 Å². The standard InChI is InChI=1S/C10H11N3O4/c1-16-6-7-3-4-12-9(10(7)17-2)8(5-11-12)13(14)15/h3-5H,6H2,1-2H3/i1D3.